The molecule has 2 unspecified atom stereocenters. The van der Waals surface area contributed by atoms with Crippen LogP contribution in [0.4, 0.5) is 0 Å². The van der Waals surface area contributed by atoms with E-state index >= 15 is 0 Å². The third-order valence-electron chi connectivity index (χ3n) is 4.67. The molecule has 2 aliphatic rings. The summed E-state index contributed by atoms with van der Waals surface area (Å²) in [7, 11) is 0. The van der Waals surface area contributed by atoms with Crippen LogP contribution in [0.5, 0.6) is 0 Å². The quantitative estimate of drug-likeness (QED) is 0.881. The lowest BCUT2D eigenvalue weighted by Crippen LogP contribution is -2.09. The first-order valence-corrected chi connectivity index (χ1v) is 7.56. The number of allylic oxidation sites excluding steroid dienone is 1. The molecule has 0 amide bonds. The highest BCUT2D eigenvalue weighted by molar-refractivity contribution is 5.71. The molecule has 0 bridgehead atoms. The molecule has 2 aromatic rings. The summed E-state index contributed by atoms with van der Waals surface area (Å²) < 4.78 is 0. The Morgan fingerprint density at radius 1 is 0.857 bits per heavy atom. The van der Waals surface area contributed by atoms with Crippen molar-refractivity contribution in [1.82, 2.24) is 0 Å². The number of aliphatic hydroxyl groups is 1. The highest BCUT2D eigenvalue weighted by atomic mass is 16.2. The first-order valence-electron chi connectivity index (χ1n) is 7.56. The van der Waals surface area contributed by atoms with E-state index in [4.69, 9.17) is 0 Å². The smallest absolute Gasteiger partial charge is 0.0468 e. The van der Waals surface area contributed by atoms with E-state index in [1.54, 1.807) is 0 Å². The number of hydrogen-bond donors (Lipinski definition) is 1. The van der Waals surface area contributed by atoms with Gasteiger partial charge in [0.1, 0.15) is 0 Å². The summed E-state index contributed by atoms with van der Waals surface area (Å²) in [5.74, 6) is 0.760. The molecule has 0 radical (unpaired) electrons. The van der Waals surface area contributed by atoms with Crippen molar-refractivity contribution in [1.29, 1.82) is 0 Å². The highest BCUT2D eigenvalue weighted by Crippen LogP contribution is 2.49. The van der Waals surface area contributed by atoms with Crippen molar-refractivity contribution in [2.45, 2.75) is 18.3 Å². The van der Waals surface area contributed by atoms with Crippen LogP contribution >= 0.6 is 0 Å². The second-order valence-corrected chi connectivity index (χ2v) is 5.81. The summed E-state index contributed by atoms with van der Waals surface area (Å²) in [6.45, 7) is 0.217. The van der Waals surface area contributed by atoms with Crippen molar-refractivity contribution in [3.63, 3.8) is 0 Å². The first kappa shape index (κ1) is 12.6. The van der Waals surface area contributed by atoms with Gasteiger partial charge in [-0.25, -0.2) is 0 Å². The van der Waals surface area contributed by atoms with Gasteiger partial charge in [0.05, 0.1) is 0 Å². The molecule has 104 valence electrons. The summed E-state index contributed by atoms with van der Waals surface area (Å²) in [4.78, 5) is 0. The van der Waals surface area contributed by atoms with E-state index in [1.807, 2.05) is 0 Å². The Morgan fingerprint density at radius 2 is 1.57 bits per heavy atom. The molecular weight excluding hydrogens is 256 g/mol. The third kappa shape index (κ3) is 1.97. The minimum Gasteiger partial charge on any atom is -0.396 e. The second kappa shape index (κ2) is 5.01. The summed E-state index contributed by atoms with van der Waals surface area (Å²) in [6.07, 6.45) is 7.58. The molecule has 1 N–H and O–H groups in total. The summed E-state index contributed by atoms with van der Waals surface area (Å²) in [5.41, 5.74) is 6.79. The molecule has 2 aromatic carbocycles. The number of fused-ring (bicyclic) bond motifs is 2. The van der Waals surface area contributed by atoms with E-state index < -0.39 is 0 Å². The van der Waals surface area contributed by atoms with Crippen molar-refractivity contribution in [3.05, 3.63) is 82.4 Å². The van der Waals surface area contributed by atoms with Crippen LogP contribution in [0.3, 0.4) is 0 Å². The Hall–Kier alpha value is -2.12. The van der Waals surface area contributed by atoms with Gasteiger partial charge in [0.25, 0.3) is 0 Å². The highest BCUT2D eigenvalue weighted by Gasteiger charge is 2.33. The van der Waals surface area contributed by atoms with Crippen LogP contribution in [0, 0.1) is 0 Å². The fourth-order valence-corrected chi connectivity index (χ4v) is 3.76. The van der Waals surface area contributed by atoms with Gasteiger partial charge in [-0.15, -0.1) is 0 Å². The van der Waals surface area contributed by atoms with E-state index in [-0.39, 0.29) is 6.61 Å². The maximum atomic E-state index is 9.40. The molecule has 1 nitrogen and oxygen atoms in total. The Bertz CT molecular complexity index is 739. The molecule has 4 rings (SSSR count). The van der Waals surface area contributed by atoms with Crippen molar-refractivity contribution in [2.24, 2.45) is 0 Å². The van der Waals surface area contributed by atoms with Crippen molar-refractivity contribution < 1.29 is 5.11 Å². The molecule has 2 atom stereocenters. The van der Waals surface area contributed by atoms with Gasteiger partial charge in [-0.3, -0.25) is 0 Å². The zero-order chi connectivity index (χ0) is 14.2. The van der Waals surface area contributed by atoms with Gasteiger partial charge in [0.15, 0.2) is 0 Å². The monoisotopic (exact) mass is 274 g/mol. The van der Waals surface area contributed by atoms with E-state index in [0.717, 1.165) is 6.42 Å². The Balaban J connectivity index is 1.81. The van der Waals surface area contributed by atoms with Gasteiger partial charge in [-0.1, -0.05) is 72.3 Å². The van der Waals surface area contributed by atoms with Crippen LogP contribution < -0.4 is 0 Å². The van der Waals surface area contributed by atoms with Gasteiger partial charge in [0.2, 0.25) is 0 Å². The molecule has 0 heterocycles. The molecule has 1 heteroatoms. The molecule has 0 fully saturated rings. The van der Waals surface area contributed by atoms with Crippen LogP contribution in [-0.4, -0.2) is 11.7 Å². The fourth-order valence-electron chi connectivity index (χ4n) is 3.76. The lowest BCUT2D eigenvalue weighted by Gasteiger charge is -2.23. The molecule has 2 aliphatic carbocycles. The van der Waals surface area contributed by atoms with Crippen LogP contribution in [0.25, 0.3) is 12.2 Å². The van der Waals surface area contributed by atoms with Crippen LogP contribution in [0.1, 0.15) is 40.5 Å². The predicted octanol–water partition coefficient (Wildman–Crippen LogP) is 4.36. The van der Waals surface area contributed by atoms with Gasteiger partial charge < -0.3 is 5.11 Å². The lowest BCUT2D eigenvalue weighted by molar-refractivity contribution is 0.296. The standard InChI is InChI=1S/C20H18O/c21-12-11-16-13-15-6-2-4-8-18(15)20(16)19-10-9-14-5-1-3-7-17(14)19/h1-10,13,19-21H,11-12H2. The van der Waals surface area contributed by atoms with E-state index in [0.29, 0.717) is 11.8 Å². The van der Waals surface area contributed by atoms with Gasteiger partial charge in [-0.2, -0.15) is 0 Å². The minimum absolute atomic E-state index is 0.217. The largest absolute Gasteiger partial charge is 0.396 e. The van der Waals surface area contributed by atoms with Crippen LogP contribution in [0.15, 0.2) is 60.2 Å². The normalized spacial score (nSPS) is 22.0. The van der Waals surface area contributed by atoms with Crippen molar-refractivity contribution >= 4 is 12.2 Å². The fraction of sp³-hybridized carbons (Fsp3) is 0.200. The Labute approximate surface area is 125 Å². The number of rotatable bonds is 3. The molecule has 0 aliphatic heterocycles. The zero-order valence-electron chi connectivity index (χ0n) is 11.9. The summed E-state index contributed by atoms with van der Waals surface area (Å²) >= 11 is 0. The lowest BCUT2D eigenvalue weighted by atomic mass is 9.80. The second-order valence-electron chi connectivity index (χ2n) is 5.81. The molecule has 0 saturated carbocycles. The Morgan fingerprint density at radius 3 is 2.38 bits per heavy atom. The molecule has 21 heavy (non-hydrogen) atoms. The molecule has 0 saturated heterocycles. The number of benzene rings is 2. The molecular formula is C20H18O. The molecule has 0 aromatic heterocycles. The van der Waals surface area contributed by atoms with Crippen LogP contribution in [-0.2, 0) is 0 Å². The first-order chi connectivity index (χ1) is 10.4. The maximum Gasteiger partial charge on any atom is 0.0468 e. The van der Waals surface area contributed by atoms with Crippen molar-refractivity contribution in [2.75, 3.05) is 6.61 Å². The maximum absolute atomic E-state index is 9.40. The number of aliphatic hydroxyl groups excluding tert-OH is 1. The number of hydrogen-bond acceptors (Lipinski definition) is 1. The van der Waals surface area contributed by atoms with Gasteiger partial charge in [-0.05, 0) is 28.7 Å². The topological polar surface area (TPSA) is 20.2 Å². The zero-order valence-corrected chi connectivity index (χ0v) is 11.9. The van der Waals surface area contributed by atoms with Crippen molar-refractivity contribution in [3.8, 4) is 0 Å². The predicted molar refractivity (Wildman–Crippen MR) is 87.1 cm³/mol. The van der Waals surface area contributed by atoms with Crippen LogP contribution in [0.2, 0.25) is 0 Å². The Kier molecular flexibility index (Phi) is 3.01. The average Bonchev–Trinajstić information content (AvgIpc) is 3.08. The van der Waals surface area contributed by atoms with E-state index in [2.05, 4.69) is 66.8 Å². The van der Waals surface area contributed by atoms with E-state index in [9.17, 15) is 5.11 Å². The third-order valence-corrected chi connectivity index (χ3v) is 4.67. The summed E-state index contributed by atoms with van der Waals surface area (Å²) in [6, 6.07) is 17.2. The minimum atomic E-state index is 0.217. The SMILES string of the molecule is OCCC1=Cc2ccccc2C1C1C=Cc2ccccc21. The summed E-state index contributed by atoms with van der Waals surface area (Å²) in [5, 5.41) is 9.40. The van der Waals surface area contributed by atoms with Gasteiger partial charge in [0, 0.05) is 18.4 Å². The average molecular weight is 274 g/mol. The molecule has 0 spiro atoms. The van der Waals surface area contributed by atoms with Gasteiger partial charge >= 0.3 is 0 Å². The van der Waals surface area contributed by atoms with E-state index in [1.165, 1.54) is 27.8 Å².